The van der Waals surface area contributed by atoms with Crippen molar-refractivity contribution in [1.29, 1.82) is 0 Å². The van der Waals surface area contributed by atoms with E-state index in [4.69, 9.17) is 16.0 Å². The van der Waals surface area contributed by atoms with Gasteiger partial charge in [-0.1, -0.05) is 93.0 Å². The number of hydrogen-bond donors (Lipinski definition) is 0. The smallest absolute Gasteiger partial charge is 0.261 e. The van der Waals surface area contributed by atoms with Gasteiger partial charge >= 0.3 is 0 Å². The monoisotopic (exact) mass is 435 g/mol. The van der Waals surface area contributed by atoms with E-state index >= 15 is 0 Å². The van der Waals surface area contributed by atoms with Gasteiger partial charge in [0.05, 0.1) is 19.3 Å². The minimum absolute atomic E-state index is 0.0521. The predicted molar refractivity (Wildman–Crippen MR) is 126 cm³/mol. The average Bonchev–Trinajstić information content (AvgIpc) is 3.13. The lowest BCUT2D eigenvalue weighted by atomic mass is 10.2. The van der Waals surface area contributed by atoms with Crippen molar-refractivity contribution in [2.24, 2.45) is 0 Å². The normalized spacial score (nSPS) is 12.4. The van der Waals surface area contributed by atoms with Crippen LogP contribution in [0.4, 0.5) is 0 Å². The number of rotatable bonds is 6. The molecule has 154 valence electrons. The van der Waals surface area contributed by atoms with Crippen molar-refractivity contribution >= 4 is 41.3 Å². The van der Waals surface area contributed by atoms with Gasteiger partial charge in [0.2, 0.25) is 0 Å². The maximum Gasteiger partial charge on any atom is 0.261 e. The highest BCUT2D eigenvalue weighted by atomic mass is 35.5. The van der Waals surface area contributed by atoms with Crippen LogP contribution in [0.2, 0.25) is 10.2 Å². The zero-order valence-electron chi connectivity index (χ0n) is 17.5. The Morgan fingerprint density at radius 2 is 1.50 bits per heavy atom. The summed E-state index contributed by atoms with van der Waals surface area (Å²) in [5.41, 5.74) is 0.786. The number of hydrogen-bond acceptors (Lipinski definition) is 3. The molecule has 0 amide bonds. The largest absolute Gasteiger partial charge is 0.406 e. The molecular weight excluding hydrogens is 410 g/mol. The fourth-order valence-electron chi connectivity index (χ4n) is 4.14. The van der Waals surface area contributed by atoms with Gasteiger partial charge in [-0.3, -0.25) is 0 Å². The van der Waals surface area contributed by atoms with E-state index in [1.54, 1.807) is 6.07 Å². The van der Waals surface area contributed by atoms with Crippen LogP contribution in [0.15, 0.2) is 79.0 Å². The summed E-state index contributed by atoms with van der Waals surface area (Å²) in [6, 6.07) is 25.1. The van der Waals surface area contributed by atoms with Gasteiger partial charge in [-0.15, -0.1) is 0 Å². The Bertz CT molecular complexity index is 1080. The van der Waals surface area contributed by atoms with Crippen molar-refractivity contribution in [2.45, 2.75) is 32.4 Å². The first-order valence-electron chi connectivity index (χ1n) is 10.1. The van der Waals surface area contributed by atoms with Crippen LogP contribution in [0.5, 0.6) is 0 Å². The van der Waals surface area contributed by atoms with Crippen LogP contribution in [0, 0.1) is 0 Å². The van der Waals surface area contributed by atoms with E-state index in [1.807, 2.05) is 16.9 Å². The summed E-state index contributed by atoms with van der Waals surface area (Å²) >= 11 is 6.10. The van der Waals surface area contributed by atoms with Gasteiger partial charge in [0, 0.05) is 5.39 Å². The summed E-state index contributed by atoms with van der Waals surface area (Å²) < 4.78 is 8.81. The lowest BCUT2D eigenvalue weighted by Crippen LogP contribution is -2.66. The summed E-state index contributed by atoms with van der Waals surface area (Å²) in [4.78, 5) is 4.44. The number of aromatic nitrogens is 3. The molecule has 6 heteroatoms. The van der Waals surface area contributed by atoms with Crippen molar-refractivity contribution in [2.75, 3.05) is 6.61 Å². The molecule has 0 spiro atoms. The molecular formula is C24H26ClN3OSi. The molecule has 0 N–H and O–H groups in total. The standard InChI is InChI=1S/C24H26ClN3OSi/c1-24(2,3)30(20-10-6-4-7-11-20,21-12-8-5-9-13-21)29-17-16-28-23-19(18-26-28)14-15-22(25)27-23/h4-15,18H,16-17H2,1-3H3. The SMILES string of the molecule is CC(C)(C)[Si](OCCn1ncc2ccc(Cl)nc21)(c1ccccc1)c1ccccc1. The molecule has 4 aromatic rings. The molecule has 0 bridgehead atoms. The van der Waals surface area contributed by atoms with Crippen molar-refractivity contribution in [1.82, 2.24) is 14.8 Å². The summed E-state index contributed by atoms with van der Waals surface area (Å²) in [5.74, 6) is 0. The Labute approximate surface area is 183 Å². The molecule has 0 aliphatic heterocycles. The van der Waals surface area contributed by atoms with Crippen LogP contribution in [0.3, 0.4) is 0 Å². The maximum atomic E-state index is 6.94. The Morgan fingerprint density at radius 1 is 0.900 bits per heavy atom. The Morgan fingerprint density at radius 3 is 2.07 bits per heavy atom. The lowest BCUT2D eigenvalue weighted by Gasteiger charge is -2.43. The Hall–Kier alpha value is -2.47. The quantitative estimate of drug-likeness (QED) is 0.326. The number of nitrogens with zero attached hydrogens (tertiary/aromatic N) is 3. The topological polar surface area (TPSA) is 39.9 Å². The van der Waals surface area contributed by atoms with Gasteiger partial charge in [-0.2, -0.15) is 5.10 Å². The maximum absolute atomic E-state index is 6.94. The van der Waals surface area contributed by atoms with E-state index in [9.17, 15) is 0 Å². The average molecular weight is 436 g/mol. The molecule has 2 aromatic heterocycles. The third-order valence-electron chi connectivity index (χ3n) is 5.49. The number of pyridine rings is 1. The molecule has 0 aliphatic carbocycles. The number of benzene rings is 2. The van der Waals surface area contributed by atoms with E-state index in [1.165, 1.54) is 10.4 Å². The second-order valence-corrected chi connectivity index (χ2v) is 13.1. The highest BCUT2D eigenvalue weighted by Gasteiger charge is 2.50. The lowest BCUT2D eigenvalue weighted by molar-refractivity contribution is 0.276. The second-order valence-electron chi connectivity index (χ2n) is 8.43. The molecule has 0 atom stereocenters. The molecule has 0 unspecified atom stereocenters. The molecule has 0 fully saturated rings. The van der Waals surface area contributed by atoms with Crippen molar-refractivity contribution in [3.05, 3.63) is 84.1 Å². The molecule has 30 heavy (non-hydrogen) atoms. The zero-order chi connectivity index (χ0) is 21.2. The van der Waals surface area contributed by atoms with Crippen LogP contribution in [-0.4, -0.2) is 29.7 Å². The van der Waals surface area contributed by atoms with E-state index in [2.05, 4.69) is 91.5 Å². The first-order chi connectivity index (χ1) is 14.4. The molecule has 0 radical (unpaired) electrons. The molecule has 4 rings (SSSR count). The zero-order valence-corrected chi connectivity index (χ0v) is 19.3. The van der Waals surface area contributed by atoms with Gasteiger partial charge in [0.25, 0.3) is 8.32 Å². The van der Waals surface area contributed by atoms with Crippen molar-refractivity contribution in [3.8, 4) is 0 Å². The number of fused-ring (bicyclic) bond motifs is 1. The van der Waals surface area contributed by atoms with Gasteiger partial charge in [-0.25, -0.2) is 9.67 Å². The highest BCUT2D eigenvalue weighted by Crippen LogP contribution is 2.36. The minimum Gasteiger partial charge on any atom is -0.406 e. The summed E-state index contributed by atoms with van der Waals surface area (Å²) in [6.07, 6.45) is 1.82. The molecule has 2 aromatic carbocycles. The highest BCUT2D eigenvalue weighted by molar-refractivity contribution is 6.99. The molecule has 4 nitrogen and oxygen atoms in total. The van der Waals surface area contributed by atoms with E-state index in [-0.39, 0.29) is 5.04 Å². The fraction of sp³-hybridized carbons (Fsp3) is 0.250. The summed E-state index contributed by atoms with van der Waals surface area (Å²) in [7, 11) is -2.55. The molecule has 0 saturated heterocycles. The predicted octanol–water partition coefficient (Wildman–Crippen LogP) is 4.66. The first-order valence-corrected chi connectivity index (χ1v) is 12.4. The van der Waals surface area contributed by atoms with Crippen LogP contribution in [-0.2, 0) is 11.0 Å². The van der Waals surface area contributed by atoms with Gasteiger partial charge in [0.1, 0.15) is 5.15 Å². The van der Waals surface area contributed by atoms with Crippen molar-refractivity contribution < 1.29 is 4.43 Å². The van der Waals surface area contributed by atoms with E-state index in [0.29, 0.717) is 18.3 Å². The first kappa shape index (κ1) is 20.8. The van der Waals surface area contributed by atoms with Crippen LogP contribution in [0.25, 0.3) is 11.0 Å². The Kier molecular flexibility index (Phi) is 5.78. The third-order valence-corrected chi connectivity index (χ3v) is 10.7. The fourth-order valence-corrected chi connectivity index (χ4v) is 8.84. The summed E-state index contributed by atoms with van der Waals surface area (Å²) in [6.45, 7) is 8.00. The van der Waals surface area contributed by atoms with Gasteiger partial charge in [0.15, 0.2) is 5.65 Å². The van der Waals surface area contributed by atoms with E-state index in [0.717, 1.165) is 11.0 Å². The van der Waals surface area contributed by atoms with Crippen molar-refractivity contribution in [3.63, 3.8) is 0 Å². The van der Waals surface area contributed by atoms with Gasteiger partial charge in [-0.05, 0) is 27.5 Å². The number of halogens is 1. The van der Waals surface area contributed by atoms with Crippen LogP contribution < -0.4 is 10.4 Å². The molecule has 0 saturated carbocycles. The second kappa shape index (κ2) is 8.34. The molecule has 2 heterocycles. The van der Waals surface area contributed by atoms with Crippen LogP contribution >= 0.6 is 11.6 Å². The third kappa shape index (κ3) is 3.81. The van der Waals surface area contributed by atoms with Crippen LogP contribution in [0.1, 0.15) is 20.8 Å². The van der Waals surface area contributed by atoms with Gasteiger partial charge < -0.3 is 4.43 Å². The van der Waals surface area contributed by atoms with E-state index < -0.39 is 8.32 Å². The molecule has 0 aliphatic rings. The summed E-state index contributed by atoms with van der Waals surface area (Å²) in [5, 5.41) is 8.44. The Balaban J connectivity index is 1.70. The minimum atomic E-state index is -2.55.